The number of nitrogens with zero attached hydrogens (tertiary/aromatic N) is 3. The highest BCUT2D eigenvalue weighted by molar-refractivity contribution is 8.18. The first-order valence-corrected chi connectivity index (χ1v) is 11.2. The molecule has 0 saturated carbocycles. The van der Waals surface area contributed by atoms with Gasteiger partial charge in [-0.15, -0.1) is 0 Å². The second-order valence-electron chi connectivity index (χ2n) is 7.59. The number of amides is 1. The summed E-state index contributed by atoms with van der Waals surface area (Å²) in [5, 5.41) is 3.04. The summed E-state index contributed by atoms with van der Waals surface area (Å²) in [5.74, 6) is 0.686. The molecular formula is C25H23N3O2S. The molecule has 0 atom stereocenters. The quantitative estimate of drug-likeness (QED) is 0.568. The zero-order valence-electron chi connectivity index (χ0n) is 17.3. The Balaban J connectivity index is 1.27. The van der Waals surface area contributed by atoms with Crippen LogP contribution in [-0.4, -0.2) is 49.3 Å². The third kappa shape index (κ3) is 4.16. The van der Waals surface area contributed by atoms with E-state index >= 15 is 0 Å². The molecule has 2 aliphatic rings. The normalized spacial score (nSPS) is 18.0. The zero-order valence-corrected chi connectivity index (χ0v) is 18.1. The summed E-state index contributed by atoms with van der Waals surface area (Å²) in [4.78, 5) is 22.1. The fourth-order valence-corrected chi connectivity index (χ4v) is 4.90. The first-order valence-electron chi connectivity index (χ1n) is 10.3. The minimum Gasteiger partial charge on any atom is -0.497 e. The lowest BCUT2D eigenvalue weighted by atomic mass is 10.1. The molecular weight excluding hydrogens is 406 g/mol. The molecule has 0 N–H and O–H groups in total. The summed E-state index contributed by atoms with van der Waals surface area (Å²) in [6.07, 6.45) is 1.94. The van der Waals surface area contributed by atoms with Crippen molar-refractivity contribution in [3.8, 4) is 5.75 Å². The highest BCUT2D eigenvalue weighted by atomic mass is 32.2. The number of amidine groups is 1. The van der Waals surface area contributed by atoms with Crippen LogP contribution in [0.1, 0.15) is 5.56 Å². The van der Waals surface area contributed by atoms with Crippen molar-refractivity contribution in [2.24, 2.45) is 4.99 Å². The van der Waals surface area contributed by atoms with Crippen LogP contribution in [0.25, 0.3) is 16.8 Å². The largest absolute Gasteiger partial charge is 0.497 e. The molecule has 0 radical (unpaired) electrons. The highest BCUT2D eigenvalue weighted by Crippen LogP contribution is 2.32. The van der Waals surface area contributed by atoms with Crippen molar-refractivity contribution in [1.82, 2.24) is 4.90 Å². The number of fused-ring (bicyclic) bond motifs is 1. The predicted molar refractivity (Wildman–Crippen MR) is 129 cm³/mol. The Morgan fingerprint density at radius 2 is 1.61 bits per heavy atom. The number of thioether (sulfide) groups is 1. The van der Waals surface area contributed by atoms with Crippen molar-refractivity contribution in [1.29, 1.82) is 0 Å². The number of carbonyl (C=O) groups is 1. The Kier molecular flexibility index (Phi) is 5.38. The SMILES string of the molecule is COc1ccc2cc(/C=C3\SC(N4CCN(c5ccccc5)CC4)=NC3=O)ccc2c1. The maximum Gasteiger partial charge on any atom is 0.286 e. The van der Waals surface area contributed by atoms with Gasteiger partial charge in [-0.2, -0.15) is 4.99 Å². The fourth-order valence-electron chi connectivity index (χ4n) is 3.94. The first-order chi connectivity index (χ1) is 15.2. The maximum absolute atomic E-state index is 12.5. The van der Waals surface area contributed by atoms with Gasteiger partial charge in [-0.1, -0.05) is 36.4 Å². The summed E-state index contributed by atoms with van der Waals surface area (Å²) < 4.78 is 5.29. The van der Waals surface area contributed by atoms with Gasteiger partial charge >= 0.3 is 0 Å². The molecule has 0 unspecified atom stereocenters. The molecule has 0 aromatic heterocycles. The molecule has 3 aromatic rings. The molecule has 5 nitrogen and oxygen atoms in total. The maximum atomic E-state index is 12.5. The predicted octanol–water partition coefficient (Wildman–Crippen LogP) is 4.64. The molecule has 1 saturated heterocycles. The minimum absolute atomic E-state index is 0.152. The van der Waals surface area contributed by atoms with Gasteiger partial charge in [0.05, 0.1) is 12.0 Å². The van der Waals surface area contributed by atoms with E-state index in [1.54, 1.807) is 7.11 Å². The standard InChI is InChI=1S/C25H23N3O2S/c1-30-22-10-9-19-15-18(7-8-20(19)17-22)16-23-24(29)26-25(31-23)28-13-11-27(12-14-28)21-5-3-2-4-6-21/h2-10,15-17H,11-14H2,1H3/b23-16-. The molecule has 3 aromatic carbocycles. The van der Waals surface area contributed by atoms with Crippen molar-refractivity contribution in [2.75, 3.05) is 38.2 Å². The number of carbonyl (C=O) groups excluding carboxylic acids is 1. The second-order valence-corrected chi connectivity index (χ2v) is 8.60. The minimum atomic E-state index is -0.152. The Labute approximate surface area is 186 Å². The van der Waals surface area contributed by atoms with E-state index in [4.69, 9.17) is 4.74 Å². The van der Waals surface area contributed by atoms with Crippen LogP contribution in [0.5, 0.6) is 5.75 Å². The first kappa shape index (κ1) is 19.7. The molecule has 2 heterocycles. The van der Waals surface area contributed by atoms with Crippen LogP contribution in [0.4, 0.5) is 5.69 Å². The van der Waals surface area contributed by atoms with Crippen LogP contribution in [0.3, 0.4) is 0 Å². The Bertz CT molecular complexity index is 1180. The lowest BCUT2D eigenvalue weighted by molar-refractivity contribution is -0.113. The van der Waals surface area contributed by atoms with Crippen LogP contribution in [0.2, 0.25) is 0 Å². The number of ether oxygens (including phenoxy) is 1. The number of aliphatic imine (C=N–C) groups is 1. The third-order valence-electron chi connectivity index (χ3n) is 5.65. The number of hydrogen-bond donors (Lipinski definition) is 0. The van der Waals surface area contributed by atoms with E-state index in [1.807, 2.05) is 36.4 Å². The number of rotatable bonds is 3. The summed E-state index contributed by atoms with van der Waals surface area (Å²) in [5.41, 5.74) is 2.24. The second kappa shape index (κ2) is 8.47. The summed E-state index contributed by atoms with van der Waals surface area (Å²) in [6.45, 7) is 3.56. The fraction of sp³-hybridized carbons (Fsp3) is 0.200. The number of para-hydroxylation sites is 1. The number of hydrogen-bond acceptors (Lipinski definition) is 5. The third-order valence-corrected chi connectivity index (χ3v) is 6.69. The molecule has 31 heavy (non-hydrogen) atoms. The van der Waals surface area contributed by atoms with Gasteiger partial charge in [-0.05, 0) is 64.5 Å². The van der Waals surface area contributed by atoms with Crippen molar-refractivity contribution in [3.05, 3.63) is 77.2 Å². The van der Waals surface area contributed by atoms with Gasteiger partial charge in [-0.25, -0.2) is 0 Å². The monoisotopic (exact) mass is 429 g/mol. The number of anilines is 1. The van der Waals surface area contributed by atoms with Crippen LogP contribution in [0, 0.1) is 0 Å². The van der Waals surface area contributed by atoms with Crippen molar-refractivity contribution < 1.29 is 9.53 Å². The molecule has 5 rings (SSSR count). The summed E-state index contributed by atoms with van der Waals surface area (Å²) in [7, 11) is 1.67. The smallest absolute Gasteiger partial charge is 0.286 e. The van der Waals surface area contributed by atoms with Crippen LogP contribution >= 0.6 is 11.8 Å². The molecule has 156 valence electrons. The lowest BCUT2D eigenvalue weighted by Gasteiger charge is -2.36. The van der Waals surface area contributed by atoms with Gasteiger partial charge in [0.1, 0.15) is 5.75 Å². The Morgan fingerprint density at radius 1 is 0.903 bits per heavy atom. The van der Waals surface area contributed by atoms with Gasteiger partial charge in [-0.3, -0.25) is 4.79 Å². The average molecular weight is 430 g/mol. The number of benzene rings is 3. The number of piperazine rings is 1. The van der Waals surface area contributed by atoms with Crippen molar-refractivity contribution in [2.45, 2.75) is 0 Å². The van der Waals surface area contributed by atoms with Gasteiger partial charge < -0.3 is 14.5 Å². The Morgan fingerprint density at radius 3 is 2.39 bits per heavy atom. The molecule has 0 spiro atoms. The van der Waals surface area contributed by atoms with E-state index in [0.29, 0.717) is 4.91 Å². The molecule has 0 bridgehead atoms. The topological polar surface area (TPSA) is 45.1 Å². The van der Waals surface area contributed by atoms with Crippen LogP contribution in [0.15, 0.2) is 76.6 Å². The van der Waals surface area contributed by atoms with E-state index in [9.17, 15) is 4.79 Å². The highest BCUT2D eigenvalue weighted by Gasteiger charge is 2.28. The van der Waals surface area contributed by atoms with Gasteiger partial charge in [0.25, 0.3) is 5.91 Å². The van der Waals surface area contributed by atoms with Gasteiger partial charge in [0, 0.05) is 31.9 Å². The van der Waals surface area contributed by atoms with Gasteiger partial charge in [0.2, 0.25) is 0 Å². The van der Waals surface area contributed by atoms with Crippen LogP contribution < -0.4 is 9.64 Å². The summed E-state index contributed by atoms with van der Waals surface area (Å²) >= 11 is 1.48. The van der Waals surface area contributed by atoms with E-state index in [0.717, 1.165) is 53.4 Å². The van der Waals surface area contributed by atoms with Crippen molar-refractivity contribution >= 4 is 45.4 Å². The molecule has 1 amide bonds. The van der Waals surface area contributed by atoms with E-state index in [2.05, 4.69) is 51.2 Å². The van der Waals surface area contributed by atoms with E-state index < -0.39 is 0 Å². The van der Waals surface area contributed by atoms with E-state index in [1.165, 1.54) is 17.4 Å². The van der Waals surface area contributed by atoms with Gasteiger partial charge in [0.15, 0.2) is 5.17 Å². The lowest BCUT2D eigenvalue weighted by Crippen LogP contribution is -2.47. The average Bonchev–Trinajstić information content (AvgIpc) is 3.19. The molecule has 2 aliphatic heterocycles. The Hall–Kier alpha value is -3.25. The molecule has 0 aliphatic carbocycles. The number of methoxy groups -OCH3 is 1. The van der Waals surface area contributed by atoms with E-state index in [-0.39, 0.29) is 5.91 Å². The van der Waals surface area contributed by atoms with Crippen LogP contribution in [-0.2, 0) is 4.79 Å². The summed E-state index contributed by atoms with van der Waals surface area (Å²) in [6, 6.07) is 22.6. The molecule has 6 heteroatoms. The molecule has 1 fully saturated rings. The van der Waals surface area contributed by atoms with Crippen molar-refractivity contribution in [3.63, 3.8) is 0 Å². The zero-order chi connectivity index (χ0) is 21.2.